The third-order valence-corrected chi connectivity index (χ3v) is 7.10. The Morgan fingerprint density at radius 2 is 1.84 bits per heavy atom. The molecule has 1 fully saturated rings. The van der Waals surface area contributed by atoms with Gasteiger partial charge in [0.15, 0.2) is 6.10 Å². The Kier molecular flexibility index (Phi) is 7.19. The molecular weight excluding hydrogens is 444 g/mol. The van der Waals surface area contributed by atoms with Crippen molar-refractivity contribution in [3.63, 3.8) is 0 Å². The molecule has 0 aromatic heterocycles. The molecule has 0 unspecified atom stereocenters. The number of carbonyl (C=O) groups excluding carboxylic acids is 2. The van der Waals surface area contributed by atoms with Crippen molar-refractivity contribution in [1.82, 2.24) is 4.31 Å². The van der Waals surface area contributed by atoms with Gasteiger partial charge in [0.05, 0.1) is 17.7 Å². The van der Waals surface area contributed by atoms with Crippen LogP contribution >= 0.6 is 11.6 Å². The molecule has 8 nitrogen and oxygen atoms in total. The summed E-state index contributed by atoms with van der Waals surface area (Å²) in [6, 6.07) is 11.6. The first-order chi connectivity index (χ1) is 14.7. The fourth-order valence-electron chi connectivity index (χ4n) is 3.29. The van der Waals surface area contributed by atoms with Gasteiger partial charge in [-0.25, -0.2) is 8.42 Å². The summed E-state index contributed by atoms with van der Waals surface area (Å²) in [4.78, 5) is 25.2. The van der Waals surface area contributed by atoms with E-state index in [2.05, 4.69) is 5.32 Å². The number of benzene rings is 2. The van der Waals surface area contributed by atoms with Gasteiger partial charge in [-0.05, 0) is 56.2 Å². The van der Waals surface area contributed by atoms with Crippen molar-refractivity contribution in [2.45, 2.75) is 36.8 Å². The van der Waals surface area contributed by atoms with Crippen LogP contribution < -0.4 is 10.1 Å². The number of nitrogens with one attached hydrogen (secondary N) is 1. The van der Waals surface area contributed by atoms with Crippen LogP contribution in [0.5, 0.6) is 5.75 Å². The van der Waals surface area contributed by atoms with E-state index in [0.717, 1.165) is 4.31 Å². The standard InChI is InChI=1S/C21H23ClN2O6S/c1-14(20(25)23-17-6-3-4-8-19(17)29-2)30-21(26)18-7-5-13-24(18)31(27,28)16-11-9-15(22)10-12-16/h3-4,6,8-12,14,18H,5,7,13H2,1-2H3,(H,23,25)/t14-,18+/m0/s1. The summed E-state index contributed by atoms with van der Waals surface area (Å²) in [5.41, 5.74) is 0.436. The quantitative estimate of drug-likeness (QED) is 0.629. The number of amides is 1. The van der Waals surface area contributed by atoms with E-state index in [4.69, 9.17) is 21.1 Å². The molecular formula is C21H23ClN2O6S. The van der Waals surface area contributed by atoms with Crippen LogP contribution in [-0.4, -0.2) is 50.4 Å². The highest BCUT2D eigenvalue weighted by Crippen LogP contribution is 2.28. The van der Waals surface area contributed by atoms with Crippen molar-refractivity contribution in [2.75, 3.05) is 19.0 Å². The summed E-state index contributed by atoms with van der Waals surface area (Å²) in [5.74, 6) is -0.855. The number of anilines is 1. The maximum Gasteiger partial charge on any atom is 0.325 e. The van der Waals surface area contributed by atoms with Crippen LogP contribution in [0.1, 0.15) is 19.8 Å². The van der Waals surface area contributed by atoms with E-state index in [1.165, 1.54) is 38.3 Å². The number of hydrogen-bond acceptors (Lipinski definition) is 6. The molecule has 1 heterocycles. The third kappa shape index (κ3) is 5.17. The molecule has 2 atom stereocenters. The maximum atomic E-state index is 13.0. The zero-order valence-electron chi connectivity index (χ0n) is 17.1. The van der Waals surface area contributed by atoms with E-state index in [1.807, 2.05) is 0 Å². The van der Waals surface area contributed by atoms with Crippen molar-refractivity contribution >= 4 is 39.2 Å². The first-order valence-corrected chi connectivity index (χ1v) is 11.5. The number of esters is 1. The summed E-state index contributed by atoms with van der Waals surface area (Å²) in [5, 5.41) is 3.05. The molecule has 31 heavy (non-hydrogen) atoms. The summed E-state index contributed by atoms with van der Waals surface area (Å²) in [6.45, 7) is 1.61. The number of para-hydroxylation sites is 2. The number of methoxy groups -OCH3 is 1. The minimum absolute atomic E-state index is 0.0403. The summed E-state index contributed by atoms with van der Waals surface area (Å²) in [7, 11) is -2.43. The number of nitrogens with zero attached hydrogens (tertiary/aromatic N) is 1. The molecule has 2 aromatic carbocycles. The smallest absolute Gasteiger partial charge is 0.325 e. The van der Waals surface area contributed by atoms with Crippen molar-refractivity contribution in [3.8, 4) is 5.75 Å². The summed E-state index contributed by atoms with van der Waals surface area (Å²) in [6.07, 6.45) is -0.306. The van der Waals surface area contributed by atoms with Crippen LogP contribution in [0, 0.1) is 0 Å². The van der Waals surface area contributed by atoms with E-state index >= 15 is 0 Å². The monoisotopic (exact) mass is 466 g/mol. The van der Waals surface area contributed by atoms with Gasteiger partial charge < -0.3 is 14.8 Å². The summed E-state index contributed by atoms with van der Waals surface area (Å²) >= 11 is 5.84. The average Bonchev–Trinajstić information content (AvgIpc) is 3.25. The Morgan fingerprint density at radius 3 is 2.52 bits per heavy atom. The molecule has 1 saturated heterocycles. The number of rotatable bonds is 7. The zero-order valence-corrected chi connectivity index (χ0v) is 18.7. The maximum absolute atomic E-state index is 13.0. The highest BCUT2D eigenvalue weighted by atomic mass is 35.5. The molecule has 2 aromatic rings. The van der Waals surface area contributed by atoms with Gasteiger partial charge in [0.25, 0.3) is 5.91 Å². The van der Waals surface area contributed by atoms with Crippen LogP contribution in [0.25, 0.3) is 0 Å². The molecule has 0 saturated carbocycles. The molecule has 1 N–H and O–H groups in total. The van der Waals surface area contributed by atoms with E-state index in [-0.39, 0.29) is 11.4 Å². The number of hydrogen-bond donors (Lipinski definition) is 1. The molecule has 0 spiro atoms. The second-order valence-electron chi connectivity index (χ2n) is 7.00. The molecule has 10 heteroatoms. The Morgan fingerprint density at radius 1 is 1.16 bits per heavy atom. The number of ether oxygens (including phenoxy) is 2. The lowest BCUT2D eigenvalue weighted by atomic mass is 10.2. The van der Waals surface area contributed by atoms with Crippen LogP contribution in [0.3, 0.4) is 0 Å². The van der Waals surface area contributed by atoms with Gasteiger partial charge in [-0.15, -0.1) is 0 Å². The largest absolute Gasteiger partial charge is 0.495 e. The summed E-state index contributed by atoms with van der Waals surface area (Å²) < 4.78 is 37.6. The highest BCUT2D eigenvalue weighted by molar-refractivity contribution is 7.89. The molecule has 3 rings (SSSR count). The van der Waals surface area contributed by atoms with Crippen LogP contribution in [0.15, 0.2) is 53.4 Å². The van der Waals surface area contributed by atoms with E-state index < -0.39 is 34.0 Å². The van der Waals surface area contributed by atoms with E-state index in [0.29, 0.717) is 29.3 Å². The number of halogens is 1. The van der Waals surface area contributed by atoms with E-state index in [9.17, 15) is 18.0 Å². The van der Waals surface area contributed by atoms with E-state index in [1.54, 1.807) is 24.3 Å². The van der Waals surface area contributed by atoms with Crippen LogP contribution in [0.4, 0.5) is 5.69 Å². The van der Waals surface area contributed by atoms with Gasteiger partial charge in [0.1, 0.15) is 11.8 Å². The normalized spacial score (nSPS) is 17.7. The SMILES string of the molecule is COc1ccccc1NC(=O)[C@H](C)OC(=O)[C@H]1CCCN1S(=O)(=O)c1ccc(Cl)cc1. The molecule has 0 radical (unpaired) electrons. The predicted molar refractivity (Wildman–Crippen MR) is 116 cm³/mol. The van der Waals surface area contributed by atoms with Crippen LogP contribution in [0.2, 0.25) is 5.02 Å². The van der Waals surface area contributed by atoms with Gasteiger partial charge >= 0.3 is 5.97 Å². The fraction of sp³-hybridized carbons (Fsp3) is 0.333. The second kappa shape index (κ2) is 9.67. The Bertz CT molecular complexity index is 1060. The molecule has 166 valence electrons. The molecule has 0 bridgehead atoms. The minimum Gasteiger partial charge on any atom is -0.495 e. The van der Waals surface area contributed by atoms with Gasteiger partial charge in [0.2, 0.25) is 10.0 Å². The Hall–Kier alpha value is -2.62. The van der Waals surface area contributed by atoms with Crippen molar-refractivity contribution in [1.29, 1.82) is 0 Å². The fourth-order valence-corrected chi connectivity index (χ4v) is 5.07. The predicted octanol–water partition coefficient (Wildman–Crippen LogP) is 3.07. The second-order valence-corrected chi connectivity index (χ2v) is 9.32. The molecule has 1 amide bonds. The lowest BCUT2D eigenvalue weighted by Gasteiger charge is -2.24. The first-order valence-electron chi connectivity index (χ1n) is 9.66. The topological polar surface area (TPSA) is 102 Å². The van der Waals surface area contributed by atoms with Gasteiger partial charge in [-0.1, -0.05) is 23.7 Å². The van der Waals surface area contributed by atoms with Gasteiger partial charge in [0, 0.05) is 11.6 Å². The van der Waals surface area contributed by atoms with Crippen molar-refractivity contribution in [2.24, 2.45) is 0 Å². The lowest BCUT2D eigenvalue weighted by molar-refractivity contribution is -0.156. The van der Waals surface area contributed by atoms with Crippen molar-refractivity contribution < 1.29 is 27.5 Å². The average molecular weight is 467 g/mol. The first kappa shape index (κ1) is 23.1. The molecule has 0 aliphatic carbocycles. The number of sulfonamides is 1. The molecule has 1 aliphatic rings. The third-order valence-electron chi connectivity index (χ3n) is 4.92. The zero-order chi connectivity index (χ0) is 22.6. The van der Waals surface area contributed by atoms with Crippen molar-refractivity contribution in [3.05, 3.63) is 53.6 Å². The Labute approximate surface area is 186 Å². The minimum atomic E-state index is -3.91. The number of carbonyl (C=O) groups is 2. The highest BCUT2D eigenvalue weighted by Gasteiger charge is 2.41. The Balaban J connectivity index is 1.68. The van der Waals surface area contributed by atoms with Gasteiger partial charge in [-0.2, -0.15) is 4.31 Å². The molecule has 1 aliphatic heterocycles. The van der Waals surface area contributed by atoms with Gasteiger partial charge in [-0.3, -0.25) is 9.59 Å². The lowest BCUT2D eigenvalue weighted by Crippen LogP contribution is -2.43. The van der Waals surface area contributed by atoms with Crippen LogP contribution in [-0.2, 0) is 24.3 Å².